The van der Waals surface area contributed by atoms with E-state index in [0.717, 1.165) is 24.2 Å². The van der Waals surface area contributed by atoms with E-state index in [0.29, 0.717) is 53.2 Å². The Morgan fingerprint density at radius 2 is 1.82 bits per heavy atom. The number of nitrogens with zero attached hydrogens (tertiary/aromatic N) is 3. The second kappa shape index (κ2) is 11.6. The van der Waals surface area contributed by atoms with Crippen LogP contribution in [-0.4, -0.2) is 56.2 Å². The Kier molecular flexibility index (Phi) is 7.86. The van der Waals surface area contributed by atoms with Crippen LogP contribution < -0.4 is 19.7 Å². The number of para-hydroxylation sites is 1. The van der Waals surface area contributed by atoms with E-state index in [9.17, 15) is 9.18 Å². The summed E-state index contributed by atoms with van der Waals surface area (Å²) in [5.74, 6) is 1.05. The van der Waals surface area contributed by atoms with Crippen LogP contribution in [0.15, 0.2) is 72.1 Å². The number of nitrogens with one attached hydrogen (secondary N) is 1. The molecule has 4 aromatic rings. The SMILES string of the molecule is COc1ccc(OC)c(-c2csc(N(Cc3ccc(C(=O)N4CCNCC4)cc3)c3ccccc3F)n2)c1. The Labute approximate surface area is 225 Å². The minimum absolute atomic E-state index is 0.0285. The second-order valence-electron chi connectivity index (χ2n) is 8.86. The first-order valence-electron chi connectivity index (χ1n) is 12.4. The van der Waals surface area contributed by atoms with Gasteiger partial charge in [-0.05, 0) is 48.0 Å². The van der Waals surface area contributed by atoms with Gasteiger partial charge >= 0.3 is 0 Å². The average Bonchev–Trinajstić information content (AvgIpc) is 3.46. The number of thiazole rings is 1. The van der Waals surface area contributed by atoms with E-state index in [1.807, 2.05) is 57.6 Å². The van der Waals surface area contributed by atoms with E-state index in [1.165, 1.54) is 17.4 Å². The molecule has 196 valence electrons. The fraction of sp³-hybridized carbons (Fsp3) is 0.241. The van der Waals surface area contributed by atoms with Crippen molar-refractivity contribution in [2.24, 2.45) is 0 Å². The van der Waals surface area contributed by atoms with Crippen LogP contribution in [0.5, 0.6) is 11.5 Å². The van der Waals surface area contributed by atoms with Crippen LogP contribution in [0.25, 0.3) is 11.3 Å². The highest BCUT2D eigenvalue weighted by Crippen LogP contribution is 2.38. The average molecular weight is 533 g/mol. The van der Waals surface area contributed by atoms with Crippen LogP contribution in [0.4, 0.5) is 15.2 Å². The van der Waals surface area contributed by atoms with Gasteiger partial charge in [-0.3, -0.25) is 4.79 Å². The van der Waals surface area contributed by atoms with E-state index < -0.39 is 0 Å². The summed E-state index contributed by atoms with van der Waals surface area (Å²) in [6.07, 6.45) is 0. The fourth-order valence-corrected chi connectivity index (χ4v) is 5.28. The second-order valence-corrected chi connectivity index (χ2v) is 9.69. The van der Waals surface area contributed by atoms with Crippen LogP contribution in [0.1, 0.15) is 15.9 Å². The third-order valence-electron chi connectivity index (χ3n) is 6.49. The smallest absolute Gasteiger partial charge is 0.253 e. The molecular formula is C29H29FN4O3S. The molecule has 0 spiro atoms. The molecule has 1 aromatic heterocycles. The number of rotatable bonds is 8. The van der Waals surface area contributed by atoms with Gasteiger partial charge in [-0.1, -0.05) is 24.3 Å². The van der Waals surface area contributed by atoms with Gasteiger partial charge in [0.1, 0.15) is 17.3 Å². The van der Waals surface area contributed by atoms with Crippen LogP contribution in [0.3, 0.4) is 0 Å². The van der Waals surface area contributed by atoms with Crippen molar-refractivity contribution in [2.45, 2.75) is 6.54 Å². The lowest BCUT2D eigenvalue weighted by Crippen LogP contribution is -2.46. The highest BCUT2D eigenvalue weighted by Gasteiger charge is 2.21. The Morgan fingerprint density at radius 3 is 2.53 bits per heavy atom. The first kappa shape index (κ1) is 25.7. The minimum atomic E-state index is -0.339. The Hall–Kier alpha value is -3.95. The lowest BCUT2D eigenvalue weighted by molar-refractivity contribution is 0.0736. The van der Waals surface area contributed by atoms with Crippen molar-refractivity contribution in [3.05, 3.63) is 89.1 Å². The number of hydrogen-bond acceptors (Lipinski definition) is 7. The molecule has 1 fully saturated rings. The summed E-state index contributed by atoms with van der Waals surface area (Å²) in [6, 6.07) is 19.7. The lowest BCUT2D eigenvalue weighted by Gasteiger charge is -2.27. The zero-order valence-corrected chi connectivity index (χ0v) is 22.1. The van der Waals surface area contributed by atoms with Crippen molar-refractivity contribution >= 4 is 28.1 Å². The number of halogens is 1. The number of methoxy groups -OCH3 is 2. The summed E-state index contributed by atoms with van der Waals surface area (Å²) >= 11 is 1.42. The molecule has 7 nitrogen and oxygen atoms in total. The van der Waals surface area contributed by atoms with E-state index >= 15 is 0 Å². The monoisotopic (exact) mass is 532 g/mol. The summed E-state index contributed by atoms with van der Waals surface area (Å²) < 4.78 is 25.9. The molecule has 0 unspecified atom stereocenters. The molecule has 5 rings (SSSR count). The summed E-state index contributed by atoms with van der Waals surface area (Å²) in [6.45, 7) is 3.39. The molecule has 3 aromatic carbocycles. The number of piperazine rings is 1. The summed E-state index contributed by atoms with van der Waals surface area (Å²) in [7, 11) is 3.22. The Bertz CT molecular complexity index is 1400. The van der Waals surface area contributed by atoms with E-state index in [1.54, 1.807) is 32.4 Å². The van der Waals surface area contributed by atoms with Gasteiger partial charge in [0, 0.05) is 42.7 Å². The van der Waals surface area contributed by atoms with Crippen molar-refractivity contribution in [1.82, 2.24) is 15.2 Å². The van der Waals surface area contributed by atoms with Gasteiger partial charge in [0.15, 0.2) is 5.13 Å². The molecule has 1 aliphatic heterocycles. The zero-order chi connectivity index (χ0) is 26.5. The summed E-state index contributed by atoms with van der Waals surface area (Å²) in [4.78, 5) is 21.4. The maximum Gasteiger partial charge on any atom is 0.253 e. The van der Waals surface area contributed by atoms with Gasteiger partial charge < -0.3 is 24.6 Å². The fourth-order valence-electron chi connectivity index (χ4n) is 4.44. The molecule has 0 atom stereocenters. The number of amides is 1. The van der Waals surface area contributed by atoms with E-state index in [-0.39, 0.29) is 11.7 Å². The third kappa shape index (κ3) is 5.49. The highest BCUT2D eigenvalue weighted by molar-refractivity contribution is 7.14. The molecule has 0 bridgehead atoms. The van der Waals surface area contributed by atoms with E-state index in [4.69, 9.17) is 14.5 Å². The number of hydrogen-bond donors (Lipinski definition) is 1. The molecule has 38 heavy (non-hydrogen) atoms. The minimum Gasteiger partial charge on any atom is -0.497 e. The molecule has 2 heterocycles. The molecule has 0 aliphatic carbocycles. The first-order chi connectivity index (χ1) is 18.6. The van der Waals surface area contributed by atoms with Crippen molar-refractivity contribution in [2.75, 3.05) is 45.3 Å². The van der Waals surface area contributed by atoms with Crippen molar-refractivity contribution < 1.29 is 18.7 Å². The maximum atomic E-state index is 15.0. The van der Waals surface area contributed by atoms with Crippen LogP contribution in [-0.2, 0) is 6.54 Å². The molecular weight excluding hydrogens is 503 g/mol. The van der Waals surface area contributed by atoms with Crippen molar-refractivity contribution in [3.8, 4) is 22.8 Å². The zero-order valence-electron chi connectivity index (χ0n) is 21.3. The quantitative estimate of drug-likeness (QED) is 0.330. The number of ether oxygens (including phenoxy) is 2. The summed E-state index contributed by atoms with van der Waals surface area (Å²) in [5.41, 5.74) is 3.50. The predicted octanol–water partition coefficient (Wildman–Crippen LogP) is 5.35. The number of anilines is 2. The highest BCUT2D eigenvalue weighted by atomic mass is 32.1. The van der Waals surface area contributed by atoms with E-state index in [2.05, 4.69) is 5.32 Å². The van der Waals surface area contributed by atoms with Crippen molar-refractivity contribution in [3.63, 3.8) is 0 Å². The molecule has 0 radical (unpaired) electrons. The van der Waals surface area contributed by atoms with Gasteiger partial charge in [-0.25, -0.2) is 9.37 Å². The van der Waals surface area contributed by atoms with Gasteiger partial charge in [-0.15, -0.1) is 11.3 Å². The Balaban J connectivity index is 1.44. The normalized spacial score (nSPS) is 13.3. The number of carbonyl (C=O) groups is 1. The third-order valence-corrected chi connectivity index (χ3v) is 7.36. The van der Waals surface area contributed by atoms with Crippen molar-refractivity contribution in [1.29, 1.82) is 0 Å². The molecule has 9 heteroatoms. The first-order valence-corrected chi connectivity index (χ1v) is 13.2. The molecule has 0 saturated carbocycles. The number of carbonyl (C=O) groups excluding carboxylic acids is 1. The summed E-state index contributed by atoms with van der Waals surface area (Å²) in [5, 5.41) is 5.82. The van der Waals surface area contributed by atoms with Gasteiger partial charge in [0.25, 0.3) is 5.91 Å². The molecule has 1 aliphatic rings. The standard InChI is InChI=1S/C29H29FN4O3S/c1-36-22-11-12-27(37-2)23(17-22)25-19-38-29(32-25)34(26-6-4-3-5-24(26)30)18-20-7-9-21(10-8-20)28(35)33-15-13-31-14-16-33/h3-12,17,19,31H,13-16,18H2,1-2H3. The van der Waals surface area contributed by atoms with Gasteiger partial charge in [-0.2, -0.15) is 0 Å². The molecule has 1 amide bonds. The maximum absolute atomic E-state index is 15.0. The van der Waals surface area contributed by atoms with Crippen LogP contribution >= 0.6 is 11.3 Å². The molecule has 1 N–H and O–H groups in total. The number of aromatic nitrogens is 1. The largest absolute Gasteiger partial charge is 0.497 e. The molecule has 1 saturated heterocycles. The van der Waals surface area contributed by atoms with Crippen LogP contribution in [0, 0.1) is 5.82 Å². The number of benzene rings is 3. The van der Waals surface area contributed by atoms with Gasteiger partial charge in [0.2, 0.25) is 0 Å². The van der Waals surface area contributed by atoms with Crippen LogP contribution in [0.2, 0.25) is 0 Å². The Morgan fingerprint density at radius 1 is 1.05 bits per heavy atom. The lowest BCUT2D eigenvalue weighted by atomic mass is 10.1. The topological polar surface area (TPSA) is 66.9 Å². The van der Waals surface area contributed by atoms with Gasteiger partial charge in [0.05, 0.1) is 32.1 Å². The predicted molar refractivity (Wildman–Crippen MR) is 148 cm³/mol.